The molecule has 2 heterocycles. The number of methoxy groups -OCH3 is 1. The van der Waals surface area contributed by atoms with E-state index >= 15 is 0 Å². The molecule has 2 rings (SSSR count). The molecule has 0 unspecified atom stereocenters. The number of ether oxygens (including phenoxy) is 1. The van der Waals surface area contributed by atoms with Crippen LogP contribution in [-0.4, -0.2) is 27.7 Å². The van der Waals surface area contributed by atoms with Crippen molar-refractivity contribution in [3.05, 3.63) is 57.8 Å². The van der Waals surface area contributed by atoms with E-state index in [4.69, 9.17) is 9.84 Å². The van der Waals surface area contributed by atoms with Gasteiger partial charge in [-0.3, -0.25) is 9.78 Å². The average Bonchev–Trinajstić information content (AvgIpc) is 2.40. The Bertz CT molecular complexity index is 707. The molecule has 20 heavy (non-hydrogen) atoms. The number of rotatable bonds is 4. The monoisotopic (exact) mass is 274 g/mol. The standard InChI is InChI=1S/C14H14N2O4/c1-9-5-11(20-2)6-10(15-9)7-16-4-3-13(17)12(8-16)14(18)19/h3-6,8H,7H2,1-2H3,(H,18,19). The van der Waals surface area contributed by atoms with Crippen molar-refractivity contribution in [2.75, 3.05) is 7.11 Å². The Labute approximate surface area is 115 Å². The molecular weight excluding hydrogens is 260 g/mol. The summed E-state index contributed by atoms with van der Waals surface area (Å²) in [6.07, 6.45) is 2.84. The second-order valence-electron chi connectivity index (χ2n) is 4.34. The highest BCUT2D eigenvalue weighted by atomic mass is 16.5. The molecular formula is C14H14N2O4. The van der Waals surface area contributed by atoms with Crippen LogP contribution in [0, 0.1) is 6.92 Å². The van der Waals surface area contributed by atoms with E-state index in [1.54, 1.807) is 23.8 Å². The van der Waals surface area contributed by atoms with Crippen molar-refractivity contribution in [3.8, 4) is 5.75 Å². The van der Waals surface area contributed by atoms with Gasteiger partial charge in [-0.15, -0.1) is 0 Å². The van der Waals surface area contributed by atoms with E-state index in [2.05, 4.69) is 4.98 Å². The number of carbonyl (C=O) groups is 1. The zero-order chi connectivity index (χ0) is 14.7. The number of carboxylic acids is 1. The first-order chi connectivity index (χ1) is 9.49. The number of pyridine rings is 2. The van der Waals surface area contributed by atoms with E-state index in [9.17, 15) is 9.59 Å². The summed E-state index contributed by atoms with van der Waals surface area (Å²) in [4.78, 5) is 26.7. The molecule has 6 nitrogen and oxygen atoms in total. The predicted molar refractivity (Wildman–Crippen MR) is 72.3 cm³/mol. The first-order valence-electron chi connectivity index (χ1n) is 5.94. The lowest BCUT2D eigenvalue weighted by molar-refractivity contribution is 0.0694. The highest BCUT2D eigenvalue weighted by Gasteiger charge is 2.09. The van der Waals surface area contributed by atoms with Crippen LogP contribution < -0.4 is 10.2 Å². The Kier molecular flexibility index (Phi) is 3.84. The van der Waals surface area contributed by atoms with Gasteiger partial charge in [0.25, 0.3) is 0 Å². The highest BCUT2D eigenvalue weighted by Crippen LogP contribution is 2.14. The van der Waals surface area contributed by atoms with Crippen LogP contribution in [0.5, 0.6) is 5.75 Å². The molecule has 0 aromatic carbocycles. The maximum absolute atomic E-state index is 11.4. The van der Waals surface area contributed by atoms with E-state index in [0.29, 0.717) is 12.3 Å². The number of aryl methyl sites for hydroxylation is 1. The Balaban J connectivity index is 2.35. The van der Waals surface area contributed by atoms with Crippen LogP contribution in [0.3, 0.4) is 0 Å². The molecule has 0 atom stereocenters. The number of aromatic carboxylic acids is 1. The summed E-state index contributed by atoms with van der Waals surface area (Å²) >= 11 is 0. The first-order valence-corrected chi connectivity index (χ1v) is 5.94. The highest BCUT2D eigenvalue weighted by molar-refractivity contribution is 5.86. The predicted octanol–water partition coefficient (Wildman–Crippen LogP) is 1.31. The number of hydrogen-bond donors (Lipinski definition) is 1. The fourth-order valence-corrected chi connectivity index (χ4v) is 1.87. The van der Waals surface area contributed by atoms with Crippen molar-refractivity contribution < 1.29 is 14.6 Å². The van der Waals surface area contributed by atoms with Crippen LogP contribution in [0.4, 0.5) is 0 Å². The molecule has 0 radical (unpaired) electrons. The molecule has 0 saturated heterocycles. The minimum atomic E-state index is -1.24. The van der Waals surface area contributed by atoms with Crippen LogP contribution in [0.2, 0.25) is 0 Å². The second-order valence-corrected chi connectivity index (χ2v) is 4.34. The molecule has 0 spiro atoms. The van der Waals surface area contributed by atoms with Crippen molar-refractivity contribution in [3.63, 3.8) is 0 Å². The summed E-state index contributed by atoms with van der Waals surface area (Å²) in [7, 11) is 1.57. The molecule has 0 saturated carbocycles. The van der Waals surface area contributed by atoms with Gasteiger partial charge < -0.3 is 14.4 Å². The molecule has 0 aliphatic heterocycles. The zero-order valence-corrected chi connectivity index (χ0v) is 11.2. The number of hydrogen-bond acceptors (Lipinski definition) is 4. The number of nitrogens with zero attached hydrogens (tertiary/aromatic N) is 2. The van der Waals surface area contributed by atoms with Gasteiger partial charge in [0.1, 0.15) is 11.3 Å². The van der Waals surface area contributed by atoms with E-state index in [1.807, 2.05) is 6.92 Å². The summed E-state index contributed by atoms with van der Waals surface area (Å²) in [5, 5.41) is 8.93. The third-order valence-corrected chi connectivity index (χ3v) is 2.77. The van der Waals surface area contributed by atoms with Gasteiger partial charge in [-0.25, -0.2) is 4.79 Å². The van der Waals surface area contributed by atoms with Crippen molar-refractivity contribution in [2.45, 2.75) is 13.5 Å². The molecule has 2 aromatic heterocycles. The summed E-state index contributed by atoms with van der Waals surface area (Å²) in [5.74, 6) is -0.550. The first kappa shape index (κ1) is 13.8. The van der Waals surface area contributed by atoms with E-state index in [-0.39, 0.29) is 5.56 Å². The van der Waals surface area contributed by atoms with Gasteiger partial charge in [-0.2, -0.15) is 0 Å². The van der Waals surface area contributed by atoms with Crippen LogP contribution in [0.15, 0.2) is 35.4 Å². The molecule has 0 aliphatic carbocycles. The van der Waals surface area contributed by atoms with Gasteiger partial charge in [-0.05, 0) is 6.92 Å². The Morgan fingerprint density at radius 1 is 1.45 bits per heavy atom. The van der Waals surface area contributed by atoms with E-state index in [1.165, 1.54) is 18.5 Å². The van der Waals surface area contributed by atoms with Gasteiger partial charge >= 0.3 is 5.97 Å². The molecule has 0 fully saturated rings. The summed E-state index contributed by atoms with van der Waals surface area (Å²) in [6.45, 7) is 2.21. The number of aromatic nitrogens is 2. The largest absolute Gasteiger partial charge is 0.497 e. The zero-order valence-electron chi connectivity index (χ0n) is 11.2. The minimum Gasteiger partial charge on any atom is -0.497 e. The molecule has 2 aromatic rings. The topological polar surface area (TPSA) is 81.4 Å². The van der Waals surface area contributed by atoms with Gasteiger partial charge in [0.2, 0.25) is 0 Å². The number of carboxylic acid groups (broad SMARTS) is 1. The van der Waals surface area contributed by atoms with Gasteiger partial charge in [0.05, 0.1) is 19.3 Å². The molecule has 6 heteroatoms. The molecule has 0 bridgehead atoms. The molecule has 104 valence electrons. The third-order valence-electron chi connectivity index (χ3n) is 2.77. The average molecular weight is 274 g/mol. The Morgan fingerprint density at radius 3 is 2.85 bits per heavy atom. The second kappa shape index (κ2) is 5.56. The fourth-order valence-electron chi connectivity index (χ4n) is 1.87. The van der Waals surface area contributed by atoms with Crippen LogP contribution in [-0.2, 0) is 6.54 Å². The van der Waals surface area contributed by atoms with Gasteiger partial charge in [0, 0.05) is 36.3 Å². The maximum Gasteiger partial charge on any atom is 0.341 e. The Morgan fingerprint density at radius 2 is 2.20 bits per heavy atom. The van der Waals surface area contributed by atoms with E-state index in [0.717, 1.165) is 11.4 Å². The van der Waals surface area contributed by atoms with Crippen molar-refractivity contribution in [1.29, 1.82) is 0 Å². The fraction of sp³-hybridized carbons (Fsp3) is 0.214. The van der Waals surface area contributed by atoms with Crippen LogP contribution in [0.1, 0.15) is 21.7 Å². The maximum atomic E-state index is 11.4. The van der Waals surface area contributed by atoms with Crippen LogP contribution in [0.25, 0.3) is 0 Å². The Hall–Kier alpha value is -2.63. The SMILES string of the molecule is COc1cc(C)nc(Cn2ccc(=O)c(C(=O)O)c2)c1. The lowest BCUT2D eigenvalue weighted by Crippen LogP contribution is -2.17. The molecule has 0 aliphatic rings. The van der Waals surface area contributed by atoms with E-state index < -0.39 is 11.4 Å². The summed E-state index contributed by atoms with van der Waals surface area (Å²) in [6, 6.07) is 4.81. The minimum absolute atomic E-state index is 0.257. The lowest BCUT2D eigenvalue weighted by atomic mass is 10.2. The van der Waals surface area contributed by atoms with Gasteiger partial charge in [-0.1, -0.05) is 0 Å². The van der Waals surface area contributed by atoms with Crippen molar-refractivity contribution in [2.24, 2.45) is 0 Å². The summed E-state index contributed by atoms with van der Waals surface area (Å²) in [5.41, 5.74) is 0.761. The summed E-state index contributed by atoms with van der Waals surface area (Å²) < 4.78 is 6.76. The molecule has 1 N–H and O–H groups in total. The van der Waals surface area contributed by atoms with Crippen LogP contribution >= 0.6 is 0 Å². The normalized spacial score (nSPS) is 10.3. The third kappa shape index (κ3) is 3.03. The smallest absolute Gasteiger partial charge is 0.341 e. The molecule has 0 amide bonds. The van der Waals surface area contributed by atoms with Crippen molar-refractivity contribution in [1.82, 2.24) is 9.55 Å². The quantitative estimate of drug-likeness (QED) is 0.909. The lowest BCUT2D eigenvalue weighted by Gasteiger charge is -2.09. The van der Waals surface area contributed by atoms with Gasteiger partial charge in [0.15, 0.2) is 5.43 Å². The van der Waals surface area contributed by atoms with Crippen molar-refractivity contribution >= 4 is 5.97 Å².